The van der Waals surface area contributed by atoms with Gasteiger partial charge >= 0.3 is 5.97 Å². The molecule has 1 atom stereocenters. The van der Waals surface area contributed by atoms with Crippen molar-refractivity contribution < 1.29 is 9.90 Å². The SMILES string of the molecule is CC(C)NC(C)(CN(C)C1CCC(C)(C)CC1)C(=O)O. The maximum atomic E-state index is 11.6. The van der Waals surface area contributed by atoms with E-state index in [0.717, 1.165) is 0 Å². The molecule has 0 heterocycles. The smallest absolute Gasteiger partial charge is 0.324 e. The van der Waals surface area contributed by atoms with Gasteiger partial charge in [-0.1, -0.05) is 13.8 Å². The van der Waals surface area contributed by atoms with Crippen molar-refractivity contribution >= 4 is 5.97 Å². The van der Waals surface area contributed by atoms with Crippen LogP contribution in [0.25, 0.3) is 0 Å². The first-order valence-corrected chi connectivity index (χ1v) is 7.77. The molecule has 1 saturated carbocycles. The first kappa shape index (κ1) is 17.4. The third-order valence-corrected chi connectivity index (χ3v) is 4.58. The summed E-state index contributed by atoms with van der Waals surface area (Å²) in [4.78, 5) is 13.8. The van der Waals surface area contributed by atoms with Crippen molar-refractivity contribution in [2.75, 3.05) is 13.6 Å². The van der Waals surface area contributed by atoms with Gasteiger partial charge in [0.25, 0.3) is 0 Å². The zero-order chi connectivity index (χ0) is 15.6. The molecule has 1 aliphatic rings. The minimum absolute atomic E-state index is 0.162. The highest BCUT2D eigenvalue weighted by atomic mass is 16.4. The van der Waals surface area contributed by atoms with Gasteiger partial charge in [0.1, 0.15) is 5.54 Å². The fourth-order valence-corrected chi connectivity index (χ4v) is 3.26. The summed E-state index contributed by atoms with van der Waals surface area (Å²) in [5.41, 5.74) is -0.431. The second-order valence-corrected chi connectivity index (χ2v) is 7.75. The zero-order valence-electron chi connectivity index (χ0n) is 14.0. The summed E-state index contributed by atoms with van der Waals surface area (Å²) in [6, 6.07) is 0.672. The van der Waals surface area contributed by atoms with E-state index in [0.29, 0.717) is 18.0 Å². The standard InChI is InChI=1S/C16H32N2O2/c1-12(2)17-16(5,14(19)20)11-18(6)13-7-9-15(3,4)10-8-13/h12-13,17H,7-11H2,1-6H3,(H,19,20). The fraction of sp³-hybridized carbons (Fsp3) is 0.938. The Morgan fingerprint density at radius 1 is 1.40 bits per heavy atom. The summed E-state index contributed by atoms with van der Waals surface area (Å²) in [6.45, 7) is 11.0. The van der Waals surface area contributed by atoms with Crippen LogP contribution < -0.4 is 5.32 Å². The molecular formula is C16H32N2O2. The van der Waals surface area contributed by atoms with E-state index in [1.54, 1.807) is 6.92 Å². The van der Waals surface area contributed by atoms with E-state index in [1.807, 2.05) is 13.8 Å². The average molecular weight is 284 g/mol. The number of rotatable bonds is 6. The number of carboxylic acid groups (broad SMARTS) is 1. The lowest BCUT2D eigenvalue weighted by Crippen LogP contribution is -2.59. The van der Waals surface area contributed by atoms with Crippen LogP contribution in [0, 0.1) is 5.41 Å². The second kappa shape index (κ2) is 6.44. The van der Waals surface area contributed by atoms with Gasteiger partial charge < -0.3 is 10.0 Å². The van der Waals surface area contributed by atoms with Gasteiger partial charge in [-0.2, -0.15) is 0 Å². The first-order chi connectivity index (χ1) is 9.06. The molecule has 1 aliphatic carbocycles. The molecule has 1 unspecified atom stereocenters. The number of carboxylic acids is 1. The molecule has 0 saturated heterocycles. The Labute approximate surface area is 123 Å². The number of likely N-dealkylation sites (N-methyl/N-ethyl adjacent to an activating group) is 1. The molecule has 4 heteroatoms. The maximum absolute atomic E-state index is 11.6. The van der Waals surface area contributed by atoms with Crippen LogP contribution in [0.2, 0.25) is 0 Å². The summed E-state index contributed by atoms with van der Waals surface area (Å²) >= 11 is 0. The molecule has 0 aliphatic heterocycles. The van der Waals surface area contributed by atoms with E-state index < -0.39 is 11.5 Å². The number of nitrogens with one attached hydrogen (secondary N) is 1. The summed E-state index contributed by atoms with van der Waals surface area (Å²) in [7, 11) is 2.06. The Morgan fingerprint density at radius 3 is 2.30 bits per heavy atom. The van der Waals surface area contributed by atoms with Crippen molar-refractivity contribution in [3.05, 3.63) is 0 Å². The molecule has 2 N–H and O–H groups in total. The van der Waals surface area contributed by atoms with Crippen molar-refractivity contribution in [1.82, 2.24) is 10.2 Å². The van der Waals surface area contributed by atoms with Gasteiger partial charge in [0, 0.05) is 18.6 Å². The Hall–Kier alpha value is -0.610. The molecule has 20 heavy (non-hydrogen) atoms. The van der Waals surface area contributed by atoms with E-state index in [-0.39, 0.29) is 6.04 Å². The van der Waals surface area contributed by atoms with Crippen molar-refractivity contribution in [3.63, 3.8) is 0 Å². The van der Waals surface area contributed by atoms with E-state index in [1.165, 1.54) is 25.7 Å². The van der Waals surface area contributed by atoms with Crippen LogP contribution in [-0.4, -0.2) is 47.2 Å². The van der Waals surface area contributed by atoms with Crippen molar-refractivity contribution in [2.45, 2.75) is 77.9 Å². The van der Waals surface area contributed by atoms with Crippen LogP contribution in [0.5, 0.6) is 0 Å². The number of aliphatic carboxylic acids is 1. The largest absolute Gasteiger partial charge is 0.480 e. The normalized spacial score (nSPS) is 23.0. The monoisotopic (exact) mass is 284 g/mol. The van der Waals surface area contributed by atoms with Crippen molar-refractivity contribution in [1.29, 1.82) is 0 Å². The van der Waals surface area contributed by atoms with Crippen molar-refractivity contribution in [2.24, 2.45) is 5.41 Å². The lowest BCUT2D eigenvalue weighted by Gasteiger charge is -2.41. The summed E-state index contributed by atoms with van der Waals surface area (Å²) < 4.78 is 0. The van der Waals surface area contributed by atoms with E-state index in [2.05, 4.69) is 31.1 Å². The van der Waals surface area contributed by atoms with Crippen LogP contribution in [0.15, 0.2) is 0 Å². The van der Waals surface area contributed by atoms with E-state index in [9.17, 15) is 9.90 Å². The van der Waals surface area contributed by atoms with Crippen LogP contribution in [-0.2, 0) is 4.79 Å². The number of carbonyl (C=O) groups is 1. The Balaban J connectivity index is 2.63. The molecule has 4 nitrogen and oxygen atoms in total. The van der Waals surface area contributed by atoms with E-state index >= 15 is 0 Å². The highest BCUT2D eigenvalue weighted by molar-refractivity contribution is 5.78. The number of hydrogen-bond acceptors (Lipinski definition) is 3. The molecule has 1 fully saturated rings. The highest BCUT2D eigenvalue weighted by Crippen LogP contribution is 2.36. The average Bonchev–Trinajstić information content (AvgIpc) is 2.26. The molecule has 0 aromatic rings. The maximum Gasteiger partial charge on any atom is 0.324 e. The van der Waals surface area contributed by atoms with Gasteiger partial charge in [-0.05, 0) is 58.9 Å². The quantitative estimate of drug-likeness (QED) is 0.787. The Morgan fingerprint density at radius 2 is 1.90 bits per heavy atom. The molecule has 0 spiro atoms. The highest BCUT2D eigenvalue weighted by Gasteiger charge is 2.37. The lowest BCUT2D eigenvalue weighted by atomic mass is 9.75. The fourth-order valence-electron chi connectivity index (χ4n) is 3.26. The summed E-state index contributed by atoms with van der Waals surface area (Å²) in [6.07, 6.45) is 4.79. The molecule has 118 valence electrons. The molecule has 0 radical (unpaired) electrons. The topological polar surface area (TPSA) is 52.6 Å². The van der Waals surface area contributed by atoms with E-state index in [4.69, 9.17) is 0 Å². The lowest BCUT2D eigenvalue weighted by molar-refractivity contribution is -0.145. The number of hydrogen-bond donors (Lipinski definition) is 2. The van der Waals surface area contributed by atoms with Gasteiger partial charge in [-0.3, -0.25) is 10.1 Å². The van der Waals surface area contributed by atoms with Crippen LogP contribution in [0.4, 0.5) is 0 Å². The predicted octanol–water partition coefficient (Wildman–Crippen LogP) is 2.73. The predicted molar refractivity (Wildman–Crippen MR) is 83.0 cm³/mol. The van der Waals surface area contributed by atoms with Gasteiger partial charge in [0.2, 0.25) is 0 Å². The van der Waals surface area contributed by atoms with Gasteiger partial charge in [0.05, 0.1) is 0 Å². The minimum Gasteiger partial charge on any atom is -0.480 e. The van der Waals surface area contributed by atoms with Crippen molar-refractivity contribution in [3.8, 4) is 0 Å². The molecule has 0 aromatic carbocycles. The Kier molecular flexibility index (Phi) is 5.61. The minimum atomic E-state index is -0.879. The molecule has 0 aromatic heterocycles. The van der Waals surface area contributed by atoms with Crippen LogP contribution in [0.1, 0.15) is 60.3 Å². The third kappa shape index (κ3) is 4.74. The zero-order valence-corrected chi connectivity index (χ0v) is 14.0. The molecule has 1 rings (SSSR count). The molecule has 0 amide bonds. The first-order valence-electron chi connectivity index (χ1n) is 7.77. The number of nitrogens with zero attached hydrogens (tertiary/aromatic N) is 1. The molecule has 0 bridgehead atoms. The van der Waals surface area contributed by atoms with Gasteiger partial charge in [-0.15, -0.1) is 0 Å². The third-order valence-electron chi connectivity index (χ3n) is 4.58. The van der Waals surface area contributed by atoms with Gasteiger partial charge in [0.15, 0.2) is 0 Å². The summed E-state index contributed by atoms with van der Waals surface area (Å²) in [5, 5.41) is 12.7. The van der Waals surface area contributed by atoms with Crippen LogP contribution >= 0.6 is 0 Å². The molecular weight excluding hydrogens is 252 g/mol. The summed E-state index contributed by atoms with van der Waals surface area (Å²) in [5.74, 6) is -0.769. The van der Waals surface area contributed by atoms with Crippen LogP contribution in [0.3, 0.4) is 0 Å². The second-order valence-electron chi connectivity index (χ2n) is 7.75. The van der Waals surface area contributed by atoms with Gasteiger partial charge in [-0.25, -0.2) is 0 Å². The Bertz CT molecular complexity index is 331.